The van der Waals surface area contributed by atoms with E-state index in [1.54, 1.807) is 18.2 Å². The van der Waals surface area contributed by atoms with E-state index in [1.807, 2.05) is 17.5 Å². The molecule has 0 spiro atoms. The van der Waals surface area contributed by atoms with Crippen molar-refractivity contribution in [3.8, 4) is 6.07 Å². The second-order valence-corrected chi connectivity index (χ2v) is 8.01. The number of hydrogen-bond acceptors (Lipinski definition) is 5. The van der Waals surface area contributed by atoms with Gasteiger partial charge in [0.25, 0.3) is 5.56 Å². The van der Waals surface area contributed by atoms with E-state index in [4.69, 9.17) is 0 Å². The Morgan fingerprint density at radius 1 is 1.27 bits per heavy atom. The summed E-state index contributed by atoms with van der Waals surface area (Å²) in [6.07, 6.45) is 2.85. The maximum atomic E-state index is 13.3. The van der Waals surface area contributed by atoms with Gasteiger partial charge in [0, 0.05) is 17.1 Å². The third-order valence-corrected chi connectivity index (χ3v) is 5.83. The van der Waals surface area contributed by atoms with E-state index in [9.17, 15) is 24.0 Å². The molecular weight excluding hydrogens is 407 g/mol. The second kappa shape index (κ2) is 8.08. The molecule has 1 aliphatic rings. The lowest BCUT2D eigenvalue weighted by Crippen LogP contribution is -2.44. The fraction of sp³-hybridized carbons (Fsp3) is 0.238. The summed E-state index contributed by atoms with van der Waals surface area (Å²) in [5, 5.41) is 13.9. The average Bonchev–Trinajstić information content (AvgIpc) is 3.43. The molecule has 1 aliphatic carbocycles. The number of carbonyl (C=O) groups excluding carboxylic acids is 1. The van der Waals surface area contributed by atoms with Gasteiger partial charge in [-0.15, -0.1) is 11.3 Å². The minimum atomic E-state index is -0.788. The highest BCUT2D eigenvalue weighted by Crippen LogP contribution is 2.33. The van der Waals surface area contributed by atoms with Crippen LogP contribution in [0.2, 0.25) is 0 Å². The molecule has 4 rings (SSSR count). The third-order valence-electron chi connectivity index (χ3n) is 4.89. The highest BCUT2D eigenvalue weighted by molar-refractivity contribution is 7.10. The molecule has 0 bridgehead atoms. The Labute approximate surface area is 174 Å². The lowest BCUT2D eigenvalue weighted by atomic mass is 10.1. The summed E-state index contributed by atoms with van der Waals surface area (Å²) >= 11 is 1.42. The monoisotopic (exact) mass is 424 g/mol. The van der Waals surface area contributed by atoms with Crippen LogP contribution in [0.5, 0.6) is 0 Å². The average molecular weight is 424 g/mol. The molecule has 30 heavy (non-hydrogen) atoms. The molecule has 152 valence electrons. The first-order valence-electron chi connectivity index (χ1n) is 9.32. The van der Waals surface area contributed by atoms with Crippen LogP contribution in [0.1, 0.15) is 40.9 Å². The van der Waals surface area contributed by atoms with Crippen LogP contribution in [-0.2, 0) is 11.3 Å². The number of benzene rings is 1. The minimum absolute atomic E-state index is 0.0439. The number of carbonyl (C=O) groups is 1. The van der Waals surface area contributed by atoms with Gasteiger partial charge in [0.15, 0.2) is 0 Å². The predicted octanol–water partition coefficient (Wildman–Crippen LogP) is 2.32. The van der Waals surface area contributed by atoms with Crippen LogP contribution in [0, 0.1) is 17.1 Å². The Morgan fingerprint density at radius 3 is 2.60 bits per heavy atom. The molecule has 0 unspecified atom stereocenters. The highest BCUT2D eigenvalue weighted by atomic mass is 32.1. The molecular formula is C21H17FN4O3S. The number of nitriles is 1. The van der Waals surface area contributed by atoms with Crippen molar-refractivity contribution in [1.29, 1.82) is 5.26 Å². The number of aromatic nitrogens is 2. The van der Waals surface area contributed by atoms with E-state index in [2.05, 4.69) is 5.32 Å². The van der Waals surface area contributed by atoms with Crippen LogP contribution in [0.15, 0.2) is 57.6 Å². The van der Waals surface area contributed by atoms with Crippen LogP contribution in [0.3, 0.4) is 0 Å². The molecule has 2 aromatic heterocycles. The third kappa shape index (κ3) is 3.95. The summed E-state index contributed by atoms with van der Waals surface area (Å²) < 4.78 is 15.5. The van der Waals surface area contributed by atoms with E-state index in [1.165, 1.54) is 34.2 Å². The van der Waals surface area contributed by atoms with Crippen LogP contribution in [-0.4, -0.2) is 15.0 Å². The zero-order valence-electron chi connectivity index (χ0n) is 15.7. The molecule has 3 aromatic rings. The summed E-state index contributed by atoms with van der Waals surface area (Å²) in [5.41, 5.74) is -0.904. The maximum Gasteiger partial charge on any atom is 0.331 e. The van der Waals surface area contributed by atoms with Gasteiger partial charge in [0.1, 0.15) is 24.0 Å². The van der Waals surface area contributed by atoms with Crippen molar-refractivity contribution in [3.05, 3.63) is 90.6 Å². The van der Waals surface area contributed by atoms with E-state index in [0.29, 0.717) is 5.56 Å². The summed E-state index contributed by atoms with van der Waals surface area (Å²) in [6, 6.07) is 10.6. The van der Waals surface area contributed by atoms with Crippen molar-refractivity contribution >= 4 is 17.2 Å². The Balaban J connectivity index is 1.64. The molecule has 1 N–H and O–H groups in total. The van der Waals surface area contributed by atoms with Gasteiger partial charge < -0.3 is 5.32 Å². The Bertz CT molecular complexity index is 1240. The molecule has 1 saturated carbocycles. The number of thiophene rings is 1. The summed E-state index contributed by atoms with van der Waals surface area (Å²) in [5.74, 6) is -0.954. The molecule has 1 amide bonds. The normalized spacial score (nSPS) is 14.1. The van der Waals surface area contributed by atoms with Crippen LogP contribution < -0.4 is 16.6 Å². The molecule has 1 aromatic carbocycles. The molecule has 0 saturated heterocycles. The van der Waals surface area contributed by atoms with Crippen LogP contribution in [0.4, 0.5) is 4.39 Å². The van der Waals surface area contributed by atoms with Crippen LogP contribution >= 0.6 is 11.3 Å². The molecule has 0 aliphatic heterocycles. The first-order valence-corrected chi connectivity index (χ1v) is 10.2. The summed E-state index contributed by atoms with van der Waals surface area (Å²) in [7, 11) is 0. The second-order valence-electron chi connectivity index (χ2n) is 7.03. The van der Waals surface area contributed by atoms with Gasteiger partial charge in [-0.1, -0.05) is 18.2 Å². The van der Waals surface area contributed by atoms with Crippen LogP contribution in [0.25, 0.3) is 0 Å². The van der Waals surface area contributed by atoms with Gasteiger partial charge in [-0.25, -0.2) is 13.8 Å². The van der Waals surface area contributed by atoms with Crippen molar-refractivity contribution < 1.29 is 9.18 Å². The molecule has 1 atom stereocenters. The van der Waals surface area contributed by atoms with Crippen molar-refractivity contribution in [2.75, 3.05) is 0 Å². The maximum absolute atomic E-state index is 13.3. The van der Waals surface area contributed by atoms with E-state index in [-0.39, 0.29) is 11.6 Å². The van der Waals surface area contributed by atoms with Crippen molar-refractivity contribution in [1.82, 2.24) is 14.5 Å². The fourth-order valence-corrected chi connectivity index (χ4v) is 4.03. The number of nitrogens with one attached hydrogen (secondary N) is 1. The lowest BCUT2D eigenvalue weighted by Gasteiger charge is -2.19. The smallest absolute Gasteiger partial charge is 0.331 e. The van der Waals surface area contributed by atoms with E-state index < -0.39 is 35.6 Å². The fourth-order valence-electron chi connectivity index (χ4n) is 3.23. The SMILES string of the molecule is N#Cc1cn(C2CC2)c(=O)n(CC(=O)N[C@H](c2ccc(F)cc2)c2cccs2)c1=O. The van der Waals surface area contributed by atoms with Crippen molar-refractivity contribution in [2.24, 2.45) is 0 Å². The molecule has 9 heteroatoms. The van der Waals surface area contributed by atoms with Gasteiger partial charge in [-0.05, 0) is 42.0 Å². The number of halogens is 1. The largest absolute Gasteiger partial charge is 0.343 e. The Hall–Kier alpha value is -3.51. The summed E-state index contributed by atoms with van der Waals surface area (Å²) in [4.78, 5) is 38.8. The predicted molar refractivity (Wildman–Crippen MR) is 109 cm³/mol. The molecule has 0 radical (unpaired) electrons. The van der Waals surface area contributed by atoms with Crippen molar-refractivity contribution in [3.63, 3.8) is 0 Å². The standard InChI is InChI=1S/C21H17FN4O3S/c22-15-5-3-13(4-6-15)19(17-2-1-9-30-17)24-18(27)12-26-20(28)14(10-23)11-25(21(26)29)16-7-8-16/h1-6,9,11,16,19H,7-8,12H2,(H,24,27)/t19-/m1/s1. The first-order chi connectivity index (χ1) is 14.5. The highest BCUT2D eigenvalue weighted by Gasteiger charge is 2.27. The quantitative estimate of drug-likeness (QED) is 0.657. The van der Waals surface area contributed by atoms with E-state index in [0.717, 1.165) is 22.3 Å². The molecule has 1 fully saturated rings. The topological polar surface area (TPSA) is 96.9 Å². The van der Waals surface area contributed by atoms with Gasteiger partial charge in [0.2, 0.25) is 5.91 Å². The Morgan fingerprint density at radius 2 is 2.00 bits per heavy atom. The minimum Gasteiger partial charge on any atom is -0.343 e. The lowest BCUT2D eigenvalue weighted by molar-refractivity contribution is -0.122. The number of amides is 1. The van der Waals surface area contributed by atoms with E-state index >= 15 is 0 Å². The van der Waals surface area contributed by atoms with Gasteiger partial charge in [-0.3, -0.25) is 14.2 Å². The van der Waals surface area contributed by atoms with Gasteiger partial charge >= 0.3 is 5.69 Å². The van der Waals surface area contributed by atoms with Crippen molar-refractivity contribution in [2.45, 2.75) is 31.5 Å². The zero-order chi connectivity index (χ0) is 21.3. The Kier molecular flexibility index (Phi) is 5.33. The number of rotatable bonds is 6. The number of hydrogen-bond donors (Lipinski definition) is 1. The zero-order valence-corrected chi connectivity index (χ0v) is 16.6. The number of nitrogens with zero attached hydrogens (tertiary/aromatic N) is 3. The first kappa shape index (κ1) is 19.8. The summed E-state index contributed by atoms with van der Waals surface area (Å²) in [6.45, 7) is -0.511. The molecule has 7 nitrogen and oxygen atoms in total. The van der Waals surface area contributed by atoms with Gasteiger partial charge in [0.05, 0.1) is 6.04 Å². The van der Waals surface area contributed by atoms with Gasteiger partial charge in [-0.2, -0.15) is 5.26 Å². The molecule has 2 heterocycles.